The van der Waals surface area contributed by atoms with E-state index in [0.29, 0.717) is 44.1 Å². The van der Waals surface area contributed by atoms with Crippen LogP contribution in [0.3, 0.4) is 0 Å². The van der Waals surface area contributed by atoms with Crippen molar-refractivity contribution in [1.29, 1.82) is 0 Å². The van der Waals surface area contributed by atoms with E-state index in [2.05, 4.69) is 12.2 Å². The third-order valence-electron chi connectivity index (χ3n) is 5.40. The number of amides is 1. The van der Waals surface area contributed by atoms with Crippen molar-refractivity contribution >= 4 is 45.9 Å². The highest BCUT2D eigenvalue weighted by Gasteiger charge is 2.29. The SMILES string of the molecule is COC(=O)c1c(NC(=O)C2=Cc3cc(Cl)cc(OC)c3OC=C2)sc2c1CC[C@@H](C)C2. The maximum absolute atomic E-state index is 13.1. The van der Waals surface area contributed by atoms with E-state index in [1.54, 1.807) is 24.3 Å². The van der Waals surface area contributed by atoms with Crippen LogP contribution < -0.4 is 14.8 Å². The van der Waals surface area contributed by atoms with Crippen LogP contribution in [-0.2, 0) is 22.4 Å². The highest BCUT2D eigenvalue weighted by Crippen LogP contribution is 2.41. The minimum absolute atomic E-state index is 0.358. The first-order chi connectivity index (χ1) is 14.9. The highest BCUT2D eigenvalue weighted by molar-refractivity contribution is 7.17. The Morgan fingerprint density at radius 2 is 2.10 bits per heavy atom. The van der Waals surface area contributed by atoms with Crippen molar-refractivity contribution < 1.29 is 23.8 Å². The summed E-state index contributed by atoms with van der Waals surface area (Å²) < 4.78 is 16.0. The van der Waals surface area contributed by atoms with Crippen molar-refractivity contribution in [2.45, 2.75) is 26.2 Å². The van der Waals surface area contributed by atoms with Crippen LogP contribution in [-0.4, -0.2) is 26.1 Å². The summed E-state index contributed by atoms with van der Waals surface area (Å²) >= 11 is 7.62. The van der Waals surface area contributed by atoms with E-state index < -0.39 is 5.97 Å². The van der Waals surface area contributed by atoms with E-state index in [9.17, 15) is 9.59 Å². The second-order valence-corrected chi connectivity index (χ2v) is 9.09. The number of halogens is 1. The summed E-state index contributed by atoms with van der Waals surface area (Å²) in [5.74, 6) is 0.697. The fraction of sp³-hybridized carbons (Fsp3) is 0.304. The van der Waals surface area contributed by atoms with Crippen LogP contribution in [0.1, 0.15) is 39.7 Å². The monoisotopic (exact) mass is 459 g/mol. The molecule has 31 heavy (non-hydrogen) atoms. The Balaban J connectivity index is 1.69. The van der Waals surface area contributed by atoms with Crippen LogP contribution in [0, 0.1) is 5.92 Å². The lowest BCUT2D eigenvalue weighted by atomic mass is 9.88. The summed E-state index contributed by atoms with van der Waals surface area (Å²) in [6.07, 6.45) is 7.37. The lowest BCUT2D eigenvalue weighted by Crippen LogP contribution is -2.16. The van der Waals surface area contributed by atoms with Gasteiger partial charge in [-0.3, -0.25) is 4.79 Å². The number of ether oxygens (including phenoxy) is 3. The first kappa shape index (κ1) is 21.5. The molecule has 1 aromatic heterocycles. The van der Waals surface area contributed by atoms with E-state index in [1.165, 1.54) is 31.8 Å². The van der Waals surface area contributed by atoms with Gasteiger partial charge in [0.25, 0.3) is 5.91 Å². The fourth-order valence-corrected chi connectivity index (χ4v) is 5.45. The first-order valence-corrected chi connectivity index (χ1v) is 11.1. The molecule has 162 valence electrons. The molecule has 0 saturated heterocycles. The first-order valence-electron chi connectivity index (χ1n) is 9.88. The van der Waals surface area contributed by atoms with Gasteiger partial charge in [-0.25, -0.2) is 4.79 Å². The topological polar surface area (TPSA) is 73.9 Å². The van der Waals surface area contributed by atoms with Gasteiger partial charge in [0.1, 0.15) is 5.00 Å². The minimum Gasteiger partial charge on any atom is -0.493 e. The molecular weight excluding hydrogens is 438 g/mol. The second kappa shape index (κ2) is 8.77. The van der Waals surface area contributed by atoms with Gasteiger partial charge in [0.15, 0.2) is 11.5 Å². The Labute approximate surface area is 189 Å². The van der Waals surface area contributed by atoms with Crippen molar-refractivity contribution in [1.82, 2.24) is 0 Å². The molecule has 1 atom stereocenters. The number of anilines is 1. The maximum atomic E-state index is 13.1. The molecular formula is C23H22ClNO5S. The van der Waals surface area contributed by atoms with E-state index in [1.807, 2.05) is 0 Å². The second-order valence-electron chi connectivity index (χ2n) is 7.55. The predicted molar refractivity (Wildman–Crippen MR) is 121 cm³/mol. The van der Waals surface area contributed by atoms with Crippen LogP contribution in [0.25, 0.3) is 6.08 Å². The van der Waals surface area contributed by atoms with Crippen LogP contribution >= 0.6 is 22.9 Å². The summed E-state index contributed by atoms with van der Waals surface area (Å²) in [7, 11) is 2.88. The van der Waals surface area contributed by atoms with Crippen LogP contribution in [0.15, 0.2) is 30.0 Å². The molecule has 1 amide bonds. The fourth-order valence-electron chi connectivity index (χ4n) is 3.84. The summed E-state index contributed by atoms with van der Waals surface area (Å²) in [6, 6.07) is 3.34. The summed E-state index contributed by atoms with van der Waals surface area (Å²) in [6.45, 7) is 2.19. The number of carbonyl (C=O) groups is 2. The normalized spacial score (nSPS) is 16.9. The van der Waals surface area contributed by atoms with Gasteiger partial charge in [0.05, 0.1) is 26.0 Å². The molecule has 2 heterocycles. The molecule has 0 radical (unpaired) electrons. The summed E-state index contributed by atoms with van der Waals surface area (Å²) in [5.41, 5.74) is 2.42. The summed E-state index contributed by atoms with van der Waals surface area (Å²) in [5, 5.41) is 3.89. The smallest absolute Gasteiger partial charge is 0.341 e. The molecule has 2 aliphatic rings. The molecule has 0 fully saturated rings. The van der Waals surface area contributed by atoms with Crippen LogP contribution in [0.2, 0.25) is 5.02 Å². The Bertz CT molecular complexity index is 1120. The third-order valence-corrected chi connectivity index (χ3v) is 6.79. The van der Waals surface area contributed by atoms with Gasteiger partial charge >= 0.3 is 5.97 Å². The third kappa shape index (κ3) is 4.20. The summed E-state index contributed by atoms with van der Waals surface area (Å²) in [4.78, 5) is 26.7. The van der Waals surface area contributed by atoms with Crippen LogP contribution in [0.4, 0.5) is 5.00 Å². The van der Waals surface area contributed by atoms with Crippen molar-refractivity contribution in [2.75, 3.05) is 19.5 Å². The molecule has 2 aromatic rings. The number of benzene rings is 1. The lowest BCUT2D eigenvalue weighted by molar-refractivity contribution is -0.112. The minimum atomic E-state index is -0.432. The average molecular weight is 460 g/mol. The number of rotatable bonds is 4. The molecule has 0 unspecified atom stereocenters. The molecule has 0 saturated carbocycles. The lowest BCUT2D eigenvalue weighted by Gasteiger charge is -2.18. The predicted octanol–water partition coefficient (Wildman–Crippen LogP) is 5.25. The number of methoxy groups -OCH3 is 2. The number of esters is 1. The number of thiophene rings is 1. The Morgan fingerprint density at radius 3 is 2.84 bits per heavy atom. The number of hydrogen-bond acceptors (Lipinski definition) is 6. The largest absolute Gasteiger partial charge is 0.493 e. The molecule has 1 aromatic carbocycles. The van der Waals surface area contributed by atoms with Crippen molar-refractivity contribution in [2.24, 2.45) is 5.92 Å². The van der Waals surface area contributed by atoms with Gasteiger partial charge < -0.3 is 19.5 Å². The van der Waals surface area contributed by atoms with E-state index in [-0.39, 0.29) is 5.91 Å². The van der Waals surface area contributed by atoms with Crippen molar-refractivity contribution in [3.63, 3.8) is 0 Å². The van der Waals surface area contributed by atoms with Gasteiger partial charge in [0, 0.05) is 27.1 Å². The molecule has 6 nitrogen and oxygen atoms in total. The number of hydrogen-bond donors (Lipinski definition) is 1. The number of nitrogens with one attached hydrogen (secondary N) is 1. The van der Waals surface area contributed by atoms with Gasteiger partial charge in [-0.05, 0) is 49.0 Å². The zero-order chi connectivity index (χ0) is 22.1. The molecule has 4 rings (SSSR count). The molecule has 1 N–H and O–H groups in total. The Hall–Kier alpha value is -2.77. The van der Waals surface area contributed by atoms with E-state index in [0.717, 1.165) is 29.7 Å². The Kier molecular flexibility index (Phi) is 6.07. The van der Waals surface area contributed by atoms with Gasteiger partial charge in [-0.15, -0.1) is 11.3 Å². The molecule has 0 spiro atoms. The van der Waals surface area contributed by atoms with Gasteiger partial charge in [0.2, 0.25) is 0 Å². The van der Waals surface area contributed by atoms with Gasteiger partial charge in [-0.1, -0.05) is 18.5 Å². The number of fused-ring (bicyclic) bond motifs is 2. The zero-order valence-electron chi connectivity index (χ0n) is 17.4. The molecule has 1 aliphatic heterocycles. The quantitative estimate of drug-likeness (QED) is 0.632. The molecule has 1 aliphatic carbocycles. The van der Waals surface area contributed by atoms with Crippen LogP contribution in [0.5, 0.6) is 11.5 Å². The van der Waals surface area contributed by atoms with E-state index >= 15 is 0 Å². The maximum Gasteiger partial charge on any atom is 0.341 e. The standard InChI is InChI=1S/C23H22ClNO5S/c1-12-4-5-16-18(8-12)31-22(19(16)23(27)29-3)25-21(26)13-6-7-30-20-14(9-13)10-15(24)11-17(20)28-2/h6-7,9-12H,4-5,8H2,1-3H3,(H,25,26)/t12-/m1/s1. The highest BCUT2D eigenvalue weighted by atomic mass is 35.5. The number of carbonyl (C=O) groups excluding carboxylic acids is 2. The van der Waals surface area contributed by atoms with Crippen molar-refractivity contribution in [3.05, 3.63) is 56.6 Å². The zero-order valence-corrected chi connectivity index (χ0v) is 19.0. The van der Waals surface area contributed by atoms with Gasteiger partial charge in [-0.2, -0.15) is 0 Å². The molecule has 0 bridgehead atoms. The molecule has 8 heteroatoms. The van der Waals surface area contributed by atoms with E-state index in [4.69, 9.17) is 25.8 Å². The Morgan fingerprint density at radius 1 is 1.29 bits per heavy atom. The van der Waals surface area contributed by atoms with Crippen molar-refractivity contribution in [3.8, 4) is 11.5 Å². The average Bonchev–Trinajstić information content (AvgIpc) is 2.94.